The summed E-state index contributed by atoms with van der Waals surface area (Å²) in [4.78, 5) is 12.6. The number of rotatable bonds is 3. The van der Waals surface area contributed by atoms with Gasteiger partial charge in [0.05, 0.1) is 6.04 Å². The monoisotopic (exact) mass is 434 g/mol. The summed E-state index contributed by atoms with van der Waals surface area (Å²) in [5.74, 6) is -0.439. The summed E-state index contributed by atoms with van der Waals surface area (Å²) in [6, 6.07) is 12.7. The van der Waals surface area contributed by atoms with Crippen molar-refractivity contribution in [3.8, 4) is 0 Å². The second-order valence-electron chi connectivity index (χ2n) is 7.22. The van der Waals surface area contributed by atoms with Crippen molar-refractivity contribution in [2.75, 3.05) is 10.6 Å². The minimum Gasteiger partial charge on any atom is -0.363 e. The van der Waals surface area contributed by atoms with Crippen LogP contribution in [0.1, 0.15) is 40.1 Å². The van der Waals surface area contributed by atoms with Gasteiger partial charge in [-0.3, -0.25) is 4.79 Å². The zero-order valence-electron chi connectivity index (χ0n) is 15.9. The van der Waals surface area contributed by atoms with Crippen LogP contribution in [0.4, 0.5) is 24.7 Å². The van der Waals surface area contributed by atoms with Crippen molar-refractivity contribution in [3.05, 3.63) is 76.4 Å². The molecule has 3 aromatic rings. The molecule has 0 aliphatic carbocycles. The van der Waals surface area contributed by atoms with E-state index in [1.54, 1.807) is 42.5 Å². The standard InChI is InChI=1S/C21H18ClF3N4O/c1-12-3-2-4-15(9-12)26-20(30)17-11-19-27-16(13-5-7-14(22)8-6-13)10-18(21(23,24)25)29(19)28-17/h2-9,11,16,18,27H,10H2,1H3,(H,26,30)/t16-,18-/m1/s1. The first-order chi connectivity index (χ1) is 14.2. The maximum absolute atomic E-state index is 13.8. The van der Waals surface area contributed by atoms with E-state index in [0.717, 1.165) is 10.2 Å². The molecule has 0 saturated heterocycles. The Labute approximate surface area is 175 Å². The molecule has 5 nitrogen and oxygen atoms in total. The van der Waals surface area contributed by atoms with E-state index in [9.17, 15) is 18.0 Å². The van der Waals surface area contributed by atoms with Gasteiger partial charge in [0.25, 0.3) is 5.91 Å². The molecule has 30 heavy (non-hydrogen) atoms. The normalized spacial score (nSPS) is 18.4. The van der Waals surface area contributed by atoms with E-state index in [4.69, 9.17) is 11.6 Å². The quantitative estimate of drug-likeness (QED) is 0.551. The smallest absolute Gasteiger partial charge is 0.363 e. The van der Waals surface area contributed by atoms with Crippen LogP contribution in [0.3, 0.4) is 0 Å². The Morgan fingerprint density at radius 1 is 1.20 bits per heavy atom. The second kappa shape index (κ2) is 7.68. The number of carbonyl (C=O) groups excluding carboxylic acids is 1. The fraction of sp³-hybridized carbons (Fsp3) is 0.238. The molecule has 0 spiro atoms. The molecule has 2 N–H and O–H groups in total. The summed E-state index contributed by atoms with van der Waals surface area (Å²) < 4.78 is 42.1. The number of hydrogen-bond donors (Lipinski definition) is 2. The number of fused-ring (bicyclic) bond motifs is 1. The predicted molar refractivity (Wildman–Crippen MR) is 109 cm³/mol. The summed E-state index contributed by atoms with van der Waals surface area (Å²) in [6.07, 6.45) is -4.77. The number of carbonyl (C=O) groups is 1. The van der Waals surface area contributed by atoms with Crippen LogP contribution in [0.5, 0.6) is 0 Å². The fourth-order valence-electron chi connectivity index (χ4n) is 3.52. The van der Waals surface area contributed by atoms with Crippen molar-refractivity contribution in [2.24, 2.45) is 0 Å². The zero-order chi connectivity index (χ0) is 21.5. The van der Waals surface area contributed by atoms with Gasteiger partial charge in [0.15, 0.2) is 11.7 Å². The number of aromatic nitrogens is 2. The number of benzene rings is 2. The fourth-order valence-corrected chi connectivity index (χ4v) is 3.64. The minimum absolute atomic E-state index is 0.0926. The van der Waals surface area contributed by atoms with Gasteiger partial charge >= 0.3 is 6.18 Å². The molecule has 2 atom stereocenters. The third kappa shape index (κ3) is 4.14. The molecule has 4 rings (SSSR count). The van der Waals surface area contributed by atoms with Crippen molar-refractivity contribution in [3.63, 3.8) is 0 Å². The number of nitrogens with zero attached hydrogens (tertiary/aromatic N) is 2. The van der Waals surface area contributed by atoms with Crippen molar-refractivity contribution >= 4 is 29.0 Å². The number of aryl methyl sites for hydroxylation is 1. The summed E-state index contributed by atoms with van der Waals surface area (Å²) in [5, 5.41) is 10.2. The van der Waals surface area contributed by atoms with Gasteiger partial charge in [-0.2, -0.15) is 18.3 Å². The average Bonchev–Trinajstić information content (AvgIpc) is 3.11. The van der Waals surface area contributed by atoms with Crippen molar-refractivity contribution in [1.82, 2.24) is 9.78 Å². The predicted octanol–water partition coefficient (Wildman–Crippen LogP) is 5.76. The average molecular weight is 435 g/mol. The first-order valence-corrected chi connectivity index (χ1v) is 9.65. The van der Waals surface area contributed by atoms with Crippen LogP contribution < -0.4 is 10.6 Å². The molecule has 0 fully saturated rings. The highest BCUT2D eigenvalue weighted by atomic mass is 35.5. The zero-order valence-corrected chi connectivity index (χ0v) is 16.6. The number of alkyl halides is 3. The van der Waals surface area contributed by atoms with Crippen LogP contribution >= 0.6 is 11.6 Å². The first kappa shape index (κ1) is 20.3. The number of halogens is 4. The topological polar surface area (TPSA) is 59.0 Å². The Morgan fingerprint density at radius 2 is 1.93 bits per heavy atom. The lowest BCUT2D eigenvalue weighted by Crippen LogP contribution is -2.35. The Bertz CT molecular complexity index is 1080. The maximum Gasteiger partial charge on any atom is 0.410 e. The van der Waals surface area contributed by atoms with Gasteiger partial charge in [0.1, 0.15) is 5.82 Å². The molecule has 0 bridgehead atoms. The van der Waals surface area contributed by atoms with E-state index in [-0.39, 0.29) is 17.9 Å². The highest BCUT2D eigenvalue weighted by Crippen LogP contribution is 2.43. The molecule has 2 aromatic carbocycles. The molecule has 0 unspecified atom stereocenters. The SMILES string of the molecule is Cc1cccc(NC(=O)c2cc3n(n2)[C@@H](C(F)(F)F)C[C@H](c2ccc(Cl)cc2)N3)c1. The highest BCUT2D eigenvalue weighted by Gasteiger charge is 2.46. The molecule has 0 radical (unpaired) electrons. The Hall–Kier alpha value is -3.00. The lowest BCUT2D eigenvalue weighted by atomic mass is 9.97. The Balaban J connectivity index is 1.64. The largest absolute Gasteiger partial charge is 0.410 e. The molecular weight excluding hydrogens is 417 g/mol. The van der Waals surface area contributed by atoms with Crippen LogP contribution in [-0.2, 0) is 0 Å². The maximum atomic E-state index is 13.8. The van der Waals surface area contributed by atoms with E-state index in [1.807, 2.05) is 13.0 Å². The molecule has 9 heteroatoms. The number of hydrogen-bond acceptors (Lipinski definition) is 3. The van der Waals surface area contributed by atoms with Gasteiger partial charge in [-0.1, -0.05) is 35.9 Å². The molecule has 1 aliphatic rings. The van der Waals surface area contributed by atoms with E-state index >= 15 is 0 Å². The van der Waals surface area contributed by atoms with Gasteiger partial charge in [-0.05, 0) is 42.3 Å². The number of nitrogens with one attached hydrogen (secondary N) is 2. The van der Waals surface area contributed by atoms with Crippen LogP contribution in [-0.4, -0.2) is 21.9 Å². The molecule has 1 amide bonds. The Kier molecular flexibility index (Phi) is 5.19. The Morgan fingerprint density at radius 3 is 2.60 bits per heavy atom. The third-order valence-electron chi connectivity index (χ3n) is 4.97. The number of amides is 1. The lowest BCUT2D eigenvalue weighted by molar-refractivity contribution is -0.173. The van der Waals surface area contributed by atoms with Crippen molar-refractivity contribution < 1.29 is 18.0 Å². The van der Waals surface area contributed by atoms with Crippen LogP contribution in [0.25, 0.3) is 0 Å². The van der Waals surface area contributed by atoms with E-state index in [2.05, 4.69) is 15.7 Å². The van der Waals surface area contributed by atoms with Gasteiger partial charge < -0.3 is 10.6 Å². The lowest BCUT2D eigenvalue weighted by Gasteiger charge is -2.33. The molecule has 156 valence electrons. The van der Waals surface area contributed by atoms with Crippen molar-refractivity contribution in [1.29, 1.82) is 0 Å². The van der Waals surface area contributed by atoms with E-state index in [1.165, 1.54) is 6.07 Å². The van der Waals surface area contributed by atoms with Gasteiger partial charge in [0.2, 0.25) is 0 Å². The molecule has 2 heterocycles. The highest BCUT2D eigenvalue weighted by molar-refractivity contribution is 6.30. The van der Waals surface area contributed by atoms with E-state index in [0.29, 0.717) is 16.3 Å². The summed E-state index contributed by atoms with van der Waals surface area (Å²) in [5.41, 5.74) is 2.07. The minimum atomic E-state index is -4.52. The van der Waals surface area contributed by atoms with Crippen molar-refractivity contribution in [2.45, 2.75) is 31.6 Å². The number of anilines is 2. The third-order valence-corrected chi connectivity index (χ3v) is 5.22. The van der Waals surface area contributed by atoms with Gasteiger partial charge in [0, 0.05) is 23.2 Å². The van der Waals surface area contributed by atoms with Crippen LogP contribution in [0.15, 0.2) is 54.6 Å². The molecule has 1 aromatic heterocycles. The summed E-state index contributed by atoms with van der Waals surface area (Å²) in [6.45, 7) is 1.87. The summed E-state index contributed by atoms with van der Waals surface area (Å²) in [7, 11) is 0. The van der Waals surface area contributed by atoms with Gasteiger partial charge in [-0.15, -0.1) is 0 Å². The second-order valence-corrected chi connectivity index (χ2v) is 7.66. The molecule has 1 aliphatic heterocycles. The van der Waals surface area contributed by atoms with Crippen LogP contribution in [0.2, 0.25) is 5.02 Å². The van der Waals surface area contributed by atoms with E-state index < -0.39 is 24.2 Å². The van der Waals surface area contributed by atoms with Gasteiger partial charge in [-0.25, -0.2) is 4.68 Å². The summed E-state index contributed by atoms with van der Waals surface area (Å²) >= 11 is 5.89. The van der Waals surface area contributed by atoms with Crippen LogP contribution in [0, 0.1) is 6.92 Å². The first-order valence-electron chi connectivity index (χ1n) is 9.27. The molecular formula is C21H18ClF3N4O. The molecule has 0 saturated carbocycles.